The lowest BCUT2D eigenvalue weighted by Crippen LogP contribution is -2.27. The number of para-hydroxylation sites is 1. The summed E-state index contributed by atoms with van der Waals surface area (Å²) in [6.07, 6.45) is 3.20. The fourth-order valence-corrected chi connectivity index (χ4v) is 6.46. The van der Waals surface area contributed by atoms with Crippen LogP contribution in [0.2, 0.25) is 0 Å². The van der Waals surface area contributed by atoms with E-state index >= 15 is 0 Å². The van der Waals surface area contributed by atoms with Crippen LogP contribution in [0.5, 0.6) is 0 Å². The smallest absolute Gasteiger partial charge is 0.267 e. The molecular weight excluding hydrogens is 396 g/mol. The molecule has 0 spiro atoms. The Balaban J connectivity index is 1.95. The molecule has 29 heavy (non-hydrogen) atoms. The maximum atomic E-state index is 13.8. The van der Waals surface area contributed by atoms with Gasteiger partial charge >= 0.3 is 0 Å². The number of hydrogen-bond acceptors (Lipinski definition) is 4. The monoisotopic (exact) mass is 426 g/mol. The first kappa shape index (κ1) is 20.7. The summed E-state index contributed by atoms with van der Waals surface area (Å²) in [6, 6.07) is 8.11. The van der Waals surface area contributed by atoms with Crippen molar-refractivity contribution in [1.29, 1.82) is 0 Å². The van der Waals surface area contributed by atoms with Gasteiger partial charge in [-0.3, -0.25) is 9.36 Å². The number of thioether (sulfide) groups is 1. The maximum Gasteiger partial charge on any atom is 0.267 e. The number of benzene rings is 1. The second-order valence-corrected chi connectivity index (χ2v) is 12.1. The minimum atomic E-state index is 0.0964. The van der Waals surface area contributed by atoms with E-state index in [1.807, 2.05) is 22.8 Å². The van der Waals surface area contributed by atoms with Crippen LogP contribution in [0.1, 0.15) is 57.0 Å². The van der Waals surface area contributed by atoms with Gasteiger partial charge in [-0.15, -0.1) is 11.3 Å². The first-order valence-electron chi connectivity index (χ1n) is 10.5. The number of aryl methyl sites for hydroxylation is 2. The summed E-state index contributed by atoms with van der Waals surface area (Å²) >= 11 is 3.41. The molecule has 0 saturated heterocycles. The molecule has 0 bridgehead atoms. The number of hydrogen-bond donors (Lipinski definition) is 0. The van der Waals surface area contributed by atoms with Gasteiger partial charge in [0.25, 0.3) is 5.56 Å². The van der Waals surface area contributed by atoms with Crippen LogP contribution >= 0.6 is 23.1 Å². The molecule has 3 nitrogen and oxygen atoms in total. The molecule has 0 saturated carbocycles. The highest BCUT2D eigenvalue weighted by Crippen LogP contribution is 2.42. The van der Waals surface area contributed by atoms with Gasteiger partial charge in [0, 0.05) is 10.1 Å². The molecule has 0 N–H and O–H groups in total. The highest BCUT2D eigenvalue weighted by atomic mass is 32.2. The molecule has 0 radical (unpaired) electrons. The minimum Gasteiger partial charge on any atom is -0.268 e. The van der Waals surface area contributed by atoms with Crippen molar-refractivity contribution >= 4 is 33.3 Å². The van der Waals surface area contributed by atoms with Crippen LogP contribution in [0.25, 0.3) is 15.9 Å². The van der Waals surface area contributed by atoms with Gasteiger partial charge < -0.3 is 0 Å². The Morgan fingerprint density at radius 2 is 1.97 bits per heavy atom. The topological polar surface area (TPSA) is 34.9 Å². The molecule has 2 heterocycles. The molecule has 4 rings (SSSR count). The normalized spacial score (nSPS) is 17.1. The molecular formula is C24H30N2OS2. The molecule has 1 unspecified atom stereocenters. The lowest BCUT2D eigenvalue weighted by atomic mass is 9.72. The van der Waals surface area contributed by atoms with E-state index in [9.17, 15) is 4.79 Å². The van der Waals surface area contributed by atoms with Crippen molar-refractivity contribution in [3.63, 3.8) is 0 Å². The third-order valence-electron chi connectivity index (χ3n) is 5.97. The van der Waals surface area contributed by atoms with Crippen molar-refractivity contribution in [1.82, 2.24) is 9.55 Å². The maximum absolute atomic E-state index is 13.8. The lowest BCUT2D eigenvalue weighted by molar-refractivity contribution is 0.218. The molecule has 1 aromatic carbocycles. The minimum absolute atomic E-state index is 0.0964. The first-order valence-corrected chi connectivity index (χ1v) is 12.2. The van der Waals surface area contributed by atoms with Crippen molar-refractivity contribution in [3.05, 3.63) is 50.6 Å². The number of fused-ring (bicyclic) bond motifs is 3. The Morgan fingerprint density at radius 1 is 1.24 bits per heavy atom. The van der Waals surface area contributed by atoms with E-state index in [2.05, 4.69) is 47.6 Å². The van der Waals surface area contributed by atoms with Crippen molar-refractivity contribution in [2.45, 2.75) is 71.2 Å². The van der Waals surface area contributed by atoms with E-state index in [0.29, 0.717) is 16.6 Å². The first-order chi connectivity index (χ1) is 13.7. The van der Waals surface area contributed by atoms with Crippen LogP contribution in [0, 0.1) is 18.3 Å². The number of aromatic nitrogens is 2. The zero-order valence-corrected chi connectivity index (χ0v) is 19.8. The molecule has 0 amide bonds. The molecule has 5 heteroatoms. The van der Waals surface area contributed by atoms with Gasteiger partial charge in [-0.25, -0.2) is 4.98 Å². The molecule has 2 aromatic heterocycles. The number of thiophene rings is 1. The molecule has 1 aliphatic rings. The van der Waals surface area contributed by atoms with Crippen molar-refractivity contribution in [3.8, 4) is 5.69 Å². The SMILES string of the molecule is Cc1ccccc1-n1c(SC(C)C)nc2sc3c(c2c1=O)CCC(C(C)(C)C)C3. The van der Waals surface area contributed by atoms with Crippen LogP contribution in [0.4, 0.5) is 0 Å². The predicted octanol–water partition coefficient (Wildman–Crippen LogP) is 6.41. The fourth-order valence-electron chi connectivity index (χ4n) is 4.26. The van der Waals surface area contributed by atoms with Gasteiger partial charge in [0.2, 0.25) is 0 Å². The average molecular weight is 427 g/mol. The molecule has 1 atom stereocenters. The number of rotatable bonds is 3. The summed E-state index contributed by atoms with van der Waals surface area (Å²) in [4.78, 5) is 21.1. The molecule has 1 aliphatic carbocycles. The van der Waals surface area contributed by atoms with Crippen LogP contribution in [0.15, 0.2) is 34.2 Å². The van der Waals surface area contributed by atoms with Gasteiger partial charge in [0.05, 0.1) is 11.1 Å². The van der Waals surface area contributed by atoms with Gasteiger partial charge in [0.1, 0.15) is 4.83 Å². The Bertz CT molecular complexity index is 1120. The van der Waals surface area contributed by atoms with E-state index in [0.717, 1.165) is 45.9 Å². The second-order valence-electron chi connectivity index (χ2n) is 9.48. The summed E-state index contributed by atoms with van der Waals surface area (Å²) in [5.74, 6) is 0.658. The Morgan fingerprint density at radius 3 is 2.62 bits per heavy atom. The second kappa shape index (κ2) is 7.59. The predicted molar refractivity (Wildman–Crippen MR) is 126 cm³/mol. The highest BCUT2D eigenvalue weighted by Gasteiger charge is 2.32. The summed E-state index contributed by atoms with van der Waals surface area (Å²) in [7, 11) is 0. The van der Waals surface area contributed by atoms with Crippen LogP contribution < -0.4 is 5.56 Å². The Kier molecular flexibility index (Phi) is 5.41. The zero-order valence-electron chi connectivity index (χ0n) is 18.2. The Hall–Kier alpha value is -1.59. The molecule has 3 aromatic rings. The van der Waals surface area contributed by atoms with Crippen molar-refractivity contribution in [2.75, 3.05) is 0 Å². The largest absolute Gasteiger partial charge is 0.268 e. The van der Waals surface area contributed by atoms with Crippen LogP contribution in [-0.4, -0.2) is 14.8 Å². The fraction of sp³-hybridized carbons (Fsp3) is 0.500. The van der Waals surface area contributed by atoms with Gasteiger partial charge in [-0.2, -0.15) is 0 Å². The van der Waals surface area contributed by atoms with E-state index in [1.54, 1.807) is 23.1 Å². The van der Waals surface area contributed by atoms with E-state index in [-0.39, 0.29) is 5.56 Å². The van der Waals surface area contributed by atoms with Crippen LogP contribution in [-0.2, 0) is 12.8 Å². The van der Waals surface area contributed by atoms with Crippen LogP contribution in [0.3, 0.4) is 0 Å². The van der Waals surface area contributed by atoms with Gasteiger partial charge in [-0.05, 0) is 54.7 Å². The quantitative estimate of drug-likeness (QED) is 0.359. The van der Waals surface area contributed by atoms with E-state index < -0.39 is 0 Å². The average Bonchev–Trinajstić information content (AvgIpc) is 2.99. The highest BCUT2D eigenvalue weighted by molar-refractivity contribution is 7.99. The molecule has 0 aliphatic heterocycles. The summed E-state index contributed by atoms with van der Waals surface area (Å²) < 4.78 is 1.85. The molecule has 0 fully saturated rings. The van der Waals surface area contributed by atoms with E-state index in [1.165, 1.54) is 10.4 Å². The Labute approximate surface area is 181 Å². The third-order valence-corrected chi connectivity index (χ3v) is 8.08. The van der Waals surface area contributed by atoms with Gasteiger partial charge in [0.15, 0.2) is 5.16 Å². The third kappa shape index (κ3) is 3.79. The summed E-state index contributed by atoms with van der Waals surface area (Å²) in [5, 5.41) is 2.01. The number of nitrogens with zero attached hydrogens (tertiary/aromatic N) is 2. The van der Waals surface area contributed by atoms with Crippen molar-refractivity contribution in [2.24, 2.45) is 11.3 Å². The summed E-state index contributed by atoms with van der Waals surface area (Å²) in [5.41, 5.74) is 3.68. The van der Waals surface area contributed by atoms with Crippen molar-refractivity contribution < 1.29 is 0 Å². The zero-order chi connectivity index (χ0) is 20.9. The lowest BCUT2D eigenvalue weighted by Gasteiger charge is -2.33. The molecule has 154 valence electrons. The summed E-state index contributed by atoms with van der Waals surface area (Å²) in [6.45, 7) is 13.4. The van der Waals surface area contributed by atoms with E-state index in [4.69, 9.17) is 4.98 Å². The standard InChI is InChI=1S/C24H30N2OS2/c1-14(2)28-23-25-21-20(22(27)26(23)18-10-8-7-9-15(18)3)17-12-11-16(24(4,5)6)13-19(17)29-21/h7-10,14,16H,11-13H2,1-6H3. The van der Waals surface area contributed by atoms with Gasteiger partial charge in [-0.1, -0.05) is 64.6 Å².